The molecule has 0 aliphatic carbocycles. The van der Waals surface area contributed by atoms with E-state index in [2.05, 4.69) is 10.6 Å². The molecule has 23 heavy (non-hydrogen) atoms. The van der Waals surface area contributed by atoms with Crippen LogP contribution in [0.2, 0.25) is 0 Å². The van der Waals surface area contributed by atoms with Crippen LogP contribution < -0.4 is 10.6 Å². The first kappa shape index (κ1) is 19.8. The van der Waals surface area contributed by atoms with Gasteiger partial charge in [-0.05, 0) is 56.5 Å². The number of rotatable bonds is 4. The molecule has 7 heteroatoms. The van der Waals surface area contributed by atoms with Gasteiger partial charge >= 0.3 is 6.18 Å². The number of amides is 1. The molecule has 2 rings (SSSR count). The first-order chi connectivity index (χ1) is 10.4. The lowest BCUT2D eigenvalue weighted by Gasteiger charge is -2.23. The summed E-state index contributed by atoms with van der Waals surface area (Å²) in [6.45, 7) is 3.65. The van der Waals surface area contributed by atoms with E-state index in [4.69, 9.17) is 0 Å². The van der Waals surface area contributed by atoms with Crippen molar-refractivity contribution >= 4 is 18.3 Å². The van der Waals surface area contributed by atoms with Gasteiger partial charge in [-0.15, -0.1) is 12.4 Å². The van der Waals surface area contributed by atoms with Gasteiger partial charge in [0.2, 0.25) is 5.91 Å². The van der Waals surface area contributed by atoms with Crippen LogP contribution in [0.15, 0.2) is 24.3 Å². The second-order valence-electron chi connectivity index (χ2n) is 5.81. The summed E-state index contributed by atoms with van der Waals surface area (Å²) in [6, 6.07) is 4.63. The first-order valence-electron chi connectivity index (χ1n) is 7.53. The molecule has 1 aromatic rings. The predicted octanol–water partition coefficient (Wildman–Crippen LogP) is 3.69. The van der Waals surface area contributed by atoms with Crippen LogP contribution in [0.3, 0.4) is 0 Å². The number of carbonyl (C=O) groups excluding carboxylic acids is 1. The molecular formula is C16H22ClF3N2O. The smallest absolute Gasteiger partial charge is 0.350 e. The number of carbonyl (C=O) groups is 1. The van der Waals surface area contributed by atoms with E-state index in [1.807, 2.05) is 0 Å². The molecular weight excluding hydrogens is 329 g/mol. The van der Waals surface area contributed by atoms with Crippen molar-refractivity contribution in [3.05, 3.63) is 35.4 Å². The van der Waals surface area contributed by atoms with Crippen molar-refractivity contribution < 1.29 is 18.0 Å². The third-order valence-electron chi connectivity index (χ3n) is 4.05. The minimum Gasteiger partial charge on any atom is -0.350 e. The number of halogens is 4. The fourth-order valence-electron chi connectivity index (χ4n) is 2.69. The number of nitrogens with one attached hydrogen (secondary N) is 2. The van der Waals surface area contributed by atoms with Crippen LogP contribution in [0, 0.1) is 5.92 Å². The normalized spacial score (nSPS) is 17.2. The van der Waals surface area contributed by atoms with Crippen molar-refractivity contribution in [2.24, 2.45) is 5.92 Å². The summed E-state index contributed by atoms with van der Waals surface area (Å²) in [5.74, 6) is 0.348. The quantitative estimate of drug-likeness (QED) is 0.869. The van der Waals surface area contributed by atoms with Gasteiger partial charge < -0.3 is 10.6 Å². The van der Waals surface area contributed by atoms with Crippen molar-refractivity contribution in [3.8, 4) is 0 Å². The van der Waals surface area contributed by atoms with Crippen LogP contribution in [-0.2, 0) is 11.0 Å². The lowest BCUT2D eigenvalue weighted by Crippen LogP contribution is -2.33. The van der Waals surface area contributed by atoms with Crippen LogP contribution in [0.5, 0.6) is 0 Å². The molecule has 0 radical (unpaired) electrons. The molecule has 0 aromatic heterocycles. The number of benzene rings is 1. The molecule has 1 atom stereocenters. The van der Waals surface area contributed by atoms with Gasteiger partial charge in [0.1, 0.15) is 0 Å². The molecule has 1 aliphatic heterocycles. The molecule has 1 aromatic carbocycles. The van der Waals surface area contributed by atoms with Crippen LogP contribution in [0.4, 0.5) is 13.2 Å². The van der Waals surface area contributed by atoms with Gasteiger partial charge in [0.05, 0.1) is 11.6 Å². The highest BCUT2D eigenvalue weighted by atomic mass is 35.5. The maximum atomic E-state index is 12.5. The molecule has 1 amide bonds. The Morgan fingerprint density at radius 3 is 2.35 bits per heavy atom. The van der Waals surface area contributed by atoms with E-state index in [9.17, 15) is 18.0 Å². The number of hydrogen-bond acceptors (Lipinski definition) is 2. The van der Waals surface area contributed by atoms with Crippen molar-refractivity contribution in [2.45, 2.75) is 38.4 Å². The molecule has 130 valence electrons. The Morgan fingerprint density at radius 2 is 1.83 bits per heavy atom. The third-order valence-corrected chi connectivity index (χ3v) is 4.05. The van der Waals surface area contributed by atoms with Crippen LogP contribution in [0.1, 0.15) is 43.4 Å². The second-order valence-corrected chi connectivity index (χ2v) is 5.81. The SMILES string of the molecule is CC(NC(=O)CC1CCNCC1)c1ccc(C(F)(F)F)cc1.Cl. The fraction of sp³-hybridized carbons (Fsp3) is 0.562. The summed E-state index contributed by atoms with van der Waals surface area (Å²) in [5.41, 5.74) is -0.00357. The van der Waals surface area contributed by atoms with Crippen molar-refractivity contribution in [1.29, 1.82) is 0 Å². The maximum absolute atomic E-state index is 12.5. The molecule has 1 aliphatic rings. The zero-order valence-electron chi connectivity index (χ0n) is 13.0. The lowest BCUT2D eigenvalue weighted by atomic mass is 9.94. The lowest BCUT2D eigenvalue weighted by molar-refractivity contribution is -0.137. The van der Waals surface area contributed by atoms with Gasteiger partial charge in [-0.3, -0.25) is 4.79 Å². The summed E-state index contributed by atoms with van der Waals surface area (Å²) in [5, 5.41) is 6.11. The zero-order chi connectivity index (χ0) is 16.2. The van der Waals surface area contributed by atoms with E-state index in [1.165, 1.54) is 12.1 Å². The van der Waals surface area contributed by atoms with E-state index in [0.717, 1.165) is 38.1 Å². The molecule has 0 saturated carbocycles. The van der Waals surface area contributed by atoms with E-state index < -0.39 is 11.7 Å². The Hall–Kier alpha value is -1.27. The Kier molecular flexibility index (Phi) is 7.35. The molecule has 1 saturated heterocycles. The average molecular weight is 351 g/mol. The highest BCUT2D eigenvalue weighted by Gasteiger charge is 2.30. The summed E-state index contributed by atoms with van der Waals surface area (Å²) >= 11 is 0. The van der Waals surface area contributed by atoms with Gasteiger partial charge in [-0.1, -0.05) is 12.1 Å². The largest absolute Gasteiger partial charge is 0.416 e. The molecule has 0 bridgehead atoms. The minimum atomic E-state index is -4.33. The van der Waals surface area contributed by atoms with Gasteiger partial charge in [0.25, 0.3) is 0 Å². The molecule has 1 heterocycles. The summed E-state index contributed by atoms with van der Waals surface area (Å²) in [7, 11) is 0. The Balaban J connectivity index is 0.00000264. The maximum Gasteiger partial charge on any atom is 0.416 e. The van der Waals surface area contributed by atoms with Gasteiger partial charge in [0.15, 0.2) is 0 Å². The number of alkyl halides is 3. The molecule has 2 N–H and O–H groups in total. The number of hydrogen-bond donors (Lipinski definition) is 2. The second kappa shape index (κ2) is 8.55. The summed E-state index contributed by atoms with van der Waals surface area (Å²) < 4.78 is 37.5. The van der Waals surface area contributed by atoms with E-state index in [1.54, 1.807) is 6.92 Å². The summed E-state index contributed by atoms with van der Waals surface area (Å²) in [4.78, 5) is 12.0. The highest BCUT2D eigenvalue weighted by Crippen LogP contribution is 2.30. The summed E-state index contributed by atoms with van der Waals surface area (Å²) in [6.07, 6.45) is -1.88. The Labute approximate surface area is 140 Å². The minimum absolute atomic E-state index is 0. The van der Waals surface area contributed by atoms with Crippen molar-refractivity contribution in [2.75, 3.05) is 13.1 Å². The van der Waals surface area contributed by atoms with Crippen molar-refractivity contribution in [1.82, 2.24) is 10.6 Å². The van der Waals surface area contributed by atoms with Crippen molar-refractivity contribution in [3.63, 3.8) is 0 Å². The molecule has 3 nitrogen and oxygen atoms in total. The van der Waals surface area contributed by atoms with Gasteiger partial charge in [-0.2, -0.15) is 13.2 Å². The topological polar surface area (TPSA) is 41.1 Å². The van der Waals surface area contributed by atoms with E-state index >= 15 is 0 Å². The highest BCUT2D eigenvalue weighted by molar-refractivity contribution is 5.85. The van der Waals surface area contributed by atoms with Gasteiger partial charge in [-0.25, -0.2) is 0 Å². The van der Waals surface area contributed by atoms with Gasteiger partial charge in [0, 0.05) is 6.42 Å². The van der Waals surface area contributed by atoms with E-state index in [0.29, 0.717) is 17.9 Å². The van der Waals surface area contributed by atoms with Crippen LogP contribution >= 0.6 is 12.4 Å². The number of piperidine rings is 1. The first-order valence-corrected chi connectivity index (χ1v) is 7.53. The Morgan fingerprint density at radius 1 is 1.26 bits per heavy atom. The van der Waals surface area contributed by atoms with Crippen LogP contribution in [0.25, 0.3) is 0 Å². The molecule has 0 spiro atoms. The Bertz CT molecular complexity index is 499. The monoisotopic (exact) mass is 350 g/mol. The zero-order valence-corrected chi connectivity index (χ0v) is 13.8. The fourth-order valence-corrected chi connectivity index (χ4v) is 2.69. The predicted molar refractivity (Wildman–Crippen MR) is 85.5 cm³/mol. The third kappa shape index (κ3) is 6.03. The standard InChI is InChI=1S/C16H21F3N2O.ClH/c1-11(13-2-4-14(5-3-13)16(17,18)19)21-15(22)10-12-6-8-20-9-7-12;/h2-5,11-12,20H,6-10H2,1H3,(H,21,22);1H. The van der Waals surface area contributed by atoms with E-state index in [-0.39, 0.29) is 24.4 Å². The average Bonchev–Trinajstić information content (AvgIpc) is 2.47. The van der Waals surface area contributed by atoms with Crippen LogP contribution in [-0.4, -0.2) is 19.0 Å². The molecule has 1 fully saturated rings. The molecule has 1 unspecified atom stereocenters.